The molecule has 0 fully saturated rings. The van der Waals surface area contributed by atoms with E-state index in [0.29, 0.717) is 0 Å². The van der Waals surface area contributed by atoms with Crippen LogP contribution in [0.4, 0.5) is 13.2 Å². The molecule has 0 aromatic rings. The van der Waals surface area contributed by atoms with Crippen LogP contribution in [0.5, 0.6) is 0 Å². The molecule has 0 saturated heterocycles. The summed E-state index contributed by atoms with van der Waals surface area (Å²) in [7, 11) is 0. The maximum Gasteiger partial charge on any atom is 0.448 e. The average molecular weight is 167 g/mol. The van der Waals surface area contributed by atoms with Crippen molar-refractivity contribution >= 4 is 15.9 Å². The minimum absolute atomic E-state index is 0. The molecule has 0 amide bonds. The van der Waals surface area contributed by atoms with Gasteiger partial charge >= 0.3 is 5.09 Å². The van der Waals surface area contributed by atoms with Crippen LogP contribution in [0.15, 0.2) is 0 Å². The van der Waals surface area contributed by atoms with Crippen molar-refractivity contribution in [3.63, 3.8) is 0 Å². The highest BCUT2D eigenvalue weighted by Gasteiger charge is 2.19. The Labute approximate surface area is 40.6 Å². The third-order valence-electron chi connectivity index (χ3n) is 0. The third kappa shape index (κ3) is 834. The van der Waals surface area contributed by atoms with Crippen molar-refractivity contribution in [2.45, 2.75) is 5.09 Å². The Kier molecular flexibility index (Phi) is 3.83. The summed E-state index contributed by atoms with van der Waals surface area (Å²) in [5.41, 5.74) is 0. The zero-order chi connectivity index (χ0) is 4.50. The van der Waals surface area contributed by atoms with E-state index in [1.165, 1.54) is 15.9 Å². The minimum atomic E-state index is -4.19. The van der Waals surface area contributed by atoms with E-state index < -0.39 is 5.09 Å². The van der Waals surface area contributed by atoms with Crippen molar-refractivity contribution in [2.75, 3.05) is 0 Å². The van der Waals surface area contributed by atoms with E-state index in [1.54, 1.807) is 0 Å². The molecule has 0 radical (unpaired) electrons. The van der Waals surface area contributed by atoms with Gasteiger partial charge in [-0.1, -0.05) is 0 Å². The highest BCUT2D eigenvalue weighted by Crippen LogP contribution is 2.21. The molecule has 2 N–H and O–H groups in total. The molecule has 0 saturated carbocycles. The zero-order valence-corrected chi connectivity index (χ0v) is 4.10. The zero-order valence-electron chi connectivity index (χ0n) is 2.51. The molecule has 0 aliphatic carbocycles. The third-order valence-corrected chi connectivity index (χ3v) is 0. The number of hydrogen-bond acceptors (Lipinski definition) is 0. The molecule has 1 nitrogen and oxygen atoms in total. The van der Waals surface area contributed by atoms with Crippen LogP contribution in [0, 0.1) is 0 Å². The first-order valence-corrected chi connectivity index (χ1v) is 1.55. The van der Waals surface area contributed by atoms with Crippen molar-refractivity contribution in [3.8, 4) is 0 Å². The van der Waals surface area contributed by atoms with Gasteiger partial charge in [0.2, 0.25) is 0 Å². The lowest BCUT2D eigenvalue weighted by molar-refractivity contribution is -0.0245. The molecular weight excluding hydrogens is 165 g/mol. The lowest BCUT2D eigenvalue weighted by atomic mass is 11.6. The van der Waals surface area contributed by atoms with Crippen LogP contribution in [-0.2, 0) is 0 Å². The van der Waals surface area contributed by atoms with Crippen LogP contribution in [0.2, 0.25) is 0 Å². The summed E-state index contributed by atoms with van der Waals surface area (Å²) in [5, 5.41) is -4.19. The molecule has 0 aromatic carbocycles. The Bertz CT molecular complexity index is 26.3. The summed E-state index contributed by atoms with van der Waals surface area (Å²) >= 11 is 1.38. The lowest BCUT2D eigenvalue weighted by Crippen LogP contribution is -1.88. The highest BCUT2D eigenvalue weighted by atomic mass is 79.9. The molecule has 0 heterocycles. The van der Waals surface area contributed by atoms with E-state index in [-0.39, 0.29) is 5.48 Å². The Morgan fingerprint density at radius 1 is 1.17 bits per heavy atom. The first-order valence-electron chi connectivity index (χ1n) is 0.756. The minimum Gasteiger partial charge on any atom is -0.412 e. The van der Waals surface area contributed by atoms with E-state index in [2.05, 4.69) is 0 Å². The van der Waals surface area contributed by atoms with Crippen LogP contribution < -0.4 is 0 Å². The van der Waals surface area contributed by atoms with Gasteiger partial charge in [0.1, 0.15) is 0 Å². The molecule has 0 aliphatic heterocycles. The maximum absolute atomic E-state index is 10.3. The SMILES string of the molecule is FC(F)(F)Br.O. The van der Waals surface area contributed by atoms with E-state index >= 15 is 0 Å². The Morgan fingerprint density at radius 2 is 1.17 bits per heavy atom. The summed E-state index contributed by atoms with van der Waals surface area (Å²) in [6, 6.07) is 0. The molecule has 0 aromatic heterocycles. The number of alkyl halides is 4. The topological polar surface area (TPSA) is 31.5 Å². The molecule has 0 aliphatic rings. The normalized spacial score (nSPS) is 10.0. The summed E-state index contributed by atoms with van der Waals surface area (Å²) in [5.74, 6) is 0. The second kappa shape index (κ2) is 2.41. The molecule has 6 heavy (non-hydrogen) atoms. The van der Waals surface area contributed by atoms with Crippen LogP contribution in [0.3, 0.4) is 0 Å². The van der Waals surface area contributed by atoms with E-state index in [9.17, 15) is 13.2 Å². The van der Waals surface area contributed by atoms with E-state index in [0.717, 1.165) is 0 Å². The van der Waals surface area contributed by atoms with Crippen LogP contribution in [0.25, 0.3) is 0 Å². The second-order valence-electron chi connectivity index (χ2n) is 0.429. The van der Waals surface area contributed by atoms with Gasteiger partial charge in [-0.3, -0.25) is 0 Å². The fraction of sp³-hybridized carbons (Fsp3) is 1.00. The standard InChI is InChI=1S/CBrF3.H2O/c2-1(3,4)5;/h;1H2. The molecule has 0 spiro atoms. The van der Waals surface area contributed by atoms with Crippen LogP contribution in [-0.4, -0.2) is 10.6 Å². The Morgan fingerprint density at radius 3 is 1.17 bits per heavy atom. The van der Waals surface area contributed by atoms with Gasteiger partial charge in [-0.05, 0) is 0 Å². The summed E-state index contributed by atoms with van der Waals surface area (Å²) in [4.78, 5) is 0. The smallest absolute Gasteiger partial charge is 0.412 e. The summed E-state index contributed by atoms with van der Waals surface area (Å²) in [6.45, 7) is 0. The molecule has 0 rings (SSSR count). The summed E-state index contributed by atoms with van der Waals surface area (Å²) in [6.07, 6.45) is 0. The molecule has 0 bridgehead atoms. The average Bonchev–Trinajstić information content (AvgIpc) is 0.722. The molecule has 0 atom stereocenters. The number of halogens is 4. The van der Waals surface area contributed by atoms with Crippen molar-refractivity contribution < 1.29 is 18.6 Å². The van der Waals surface area contributed by atoms with Crippen molar-refractivity contribution in [1.29, 1.82) is 0 Å². The Balaban J connectivity index is 0. The van der Waals surface area contributed by atoms with Crippen molar-refractivity contribution in [3.05, 3.63) is 0 Å². The van der Waals surface area contributed by atoms with E-state index in [4.69, 9.17) is 0 Å². The van der Waals surface area contributed by atoms with Gasteiger partial charge < -0.3 is 5.48 Å². The molecular formula is CH2BrF3O. The first kappa shape index (κ1) is 9.52. The number of rotatable bonds is 0. The quantitative estimate of drug-likeness (QED) is 0.483. The fourth-order valence-corrected chi connectivity index (χ4v) is 0. The van der Waals surface area contributed by atoms with Gasteiger partial charge in [0.05, 0.1) is 0 Å². The van der Waals surface area contributed by atoms with Crippen LogP contribution >= 0.6 is 15.9 Å². The van der Waals surface area contributed by atoms with Gasteiger partial charge in [-0.25, -0.2) is 0 Å². The van der Waals surface area contributed by atoms with Gasteiger partial charge in [-0.2, -0.15) is 13.2 Å². The highest BCUT2D eigenvalue weighted by molar-refractivity contribution is 9.09. The van der Waals surface area contributed by atoms with Gasteiger partial charge in [-0.15, -0.1) is 0 Å². The van der Waals surface area contributed by atoms with Gasteiger partial charge in [0.25, 0.3) is 0 Å². The maximum atomic E-state index is 10.3. The Hall–Kier alpha value is 0.230. The molecule has 0 unspecified atom stereocenters. The van der Waals surface area contributed by atoms with Crippen molar-refractivity contribution in [2.24, 2.45) is 0 Å². The fourth-order valence-electron chi connectivity index (χ4n) is 0. The second-order valence-corrected chi connectivity index (χ2v) is 1.33. The van der Waals surface area contributed by atoms with Gasteiger partial charge in [0.15, 0.2) is 0 Å². The first-order chi connectivity index (χ1) is 2.00. The molecule has 5 heteroatoms. The lowest BCUT2D eigenvalue weighted by Gasteiger charge is -1.85. The van der Waals surface area contributed by atoms with E-state index in [1.807, 2.05) is 0 Å². The predicted molar refractivity (Wildman–Crippen MR) is 18.6 cm³/mol. The van der Waals surface area contributed by atoms with Gasteiger partial charge in [0, 0.05) is 15.9 Å². The monoisotopic (exact) mass is 166 g/mol. The molecule has 40 valence electrons. The predicted octanol–water partition coefficient (Wildman–Crippen LogP) is 1.08. The largest absolute Gasteiger partial charge is 0.448 e. The van der Waals surface area contributed by atoms with Crippen LogP contribution in [0.1, 0.15) is 0 Å². The van der Waals surface area contributed by atoms with Crippen molar-refractivity contribution in [1.82, 2.24) is 0 Å². The summed E-state index contributed by atoms with van der Waals surface area (Å²) < 4.78 is 30.8. The number of hydrogen-bond donors (Lipinski definition) is 0.